The number of fused-ring (bicyclic) bond motifs is 1. The molecular formula is C16H20N2O. The van der Waals surface area contributed by atoms with Gasteiger partial charge < -0.3 is 10.2 Å². The van der Waals surface area contributed by atoms with Crippen molar-refractivity contribution in [3.8, 4) is 0 Å². The molecule has 19 heavy (non-hydrogen) atoms. The molecule has 0 saturated carbocycles. The van der Waals surface area contributed by atoms with Crippen molar-refractivity contribution >= 4 is 16.7 Å². The summed E-state index contributed by atoms with van der Waals surface area (Å²) in [5.41, 5.74) is 1.27. The maximum Gasteiger partial charge on any atom is 0.236 e. The van der Waals surface area contributed by atoms with E-state index in [1.165, 1.54) is 16.3 Å². The Morgan fingerprint density at radius 3 is 2.63 bits per heavy atom. The molecule has 0 heterocycles. The molecule has 0 aliphatic heterocycles. The Balaban J connectivity index is 1.99. The second-order valence-corrected chi connectivity index (χ2v) is 4.78. The maximum atomic E-state index is 11.6. The highest BCUT2D eigenvalue weighted by Crippen LogP contribution is 2.16. The fraction of sp³-hybridized carbons (Fsp3) is 0.312. The molecule has 0 bridgehead atoms. The Labute approximate surface area is 114 Å². The third-order valence-corrected chi connectivity index (χ3v) is 3.30. The van der Waals surface area contributed by atoms with E-state index >= 15 is 0 Å². The second kappa shape index (κ2) is 6.34. The molecule has 2 aromatic rings. The SMILES string of the molecule is CNCC(=O)N(C)CCc1ccc2ccccc2c1. The van der Waals surface area contributed by atoms with Gasteiger partial charge in [0.1, 0.15) is 0 Å². The van der Waals surface area contributed by atoms with E-state index in [1.807, 2.05) is 13.1 Å². The maximum absolute atomic E-state index is 11.6. The van der Waals surface area contributed by atoms with Crippen LogP contribution in [0.1, 0.15) is 5.56 Å². The highest BCUT2D eigenvalue weighted by Gasteiger charge is 2.07. The zero-order valence-electron chi connectivity index (χ0n) is 11.5. The van der Waals surface area contributed by atoms with E-state index in [-0.39, 0.29) is 5.91 Å². The first kappa shape index (κ1) is 13.6. The van der Waals surface area contributed by atoms with Crippen LogP contribution in [0.5, 0.6) is 0 Å². The van der Waals surface area contributed by atoms with Crippen molar-refractivity contribution in [2.75, 3.05) is 27.2 Å². The predicted molar refractivity (Wildman–Crippen MR) is 79.2 cm³/mol. The fourth-order valence-electron chi connectivity index (χ4n) is 2.10. The van der Waals surface area contributed by atoms with Crippen molar-refractivity contribution in [1.29, 1.82) is 0 Å². The number of likely N-dealkylation sites (N-methyl/N-ethyl adjacent to an activating group) is 2. The molecule has 0 saturated heterocycles. The lowest BCUT2D eigenvalue weighted by Crippen LogP contribution is -2.35. The van der Waals surface area contributed by atoms with Crippen LogP contribution in [0.15, 0.2) is 42.5 Å². The van der Waals surface area contributed by atoms with Crippen LogP contribution >= 0.6 is 0 Å². The highest BCUT2D eigenvalue weighted by molar-refractivity contribution is 5.83. The van der Waals surface area contributed by atoms with Crippen LogP contribution in [0.3, 0.4) is 0 Å². The molecular weight excluding hydrogens is 236 g/mol. The summed E-state index contributed by atoms with van der Waals surface area (Å²) in [4.78, 5) is 13.4. The molecule has 2 rings (SSSR count). The highest BCUT2D eigenvalue weighted by atomic mass is 16.2. The van der Waals surface area contributed by atoms with Gasteiger partial charge in [-0.1, -0.05) is 42.5 Å². The minimum absolute atomic E-state index is 0.128. The Morgan fingerprint density at radius 1 is 1.16 bits per heavy atom. The molecule has 0 aliphatic carbocycles. The van der Waals surface area contributed by atoms with Crippen molar-refractivity contribution in [3.05, 3.63) is 48.0 Å². The minimum atomic E-state index is 0.128. The van der Waals surface area contributed by atoms with Crippen LogP contribution in [0.25, 0.3) is 10.8 Å². The van der Waals surface area contributed by atoms with E-state index in [1.54, 1.807) is 11.9 Å². The van der Waals surface area contributed by atoms with Crippen LogP contribution in [0.4, 0.5) is 0 Å². The summed E-state index contributed by atoms with van der Waals surface area (Å²) < 4.78 is 0. The lowest BCUT2D eigenvalue weighted by molar-refractivity contribution is -0.128. The molecule has 3 heteroatoms. The smallest absolute Gasteiger partial charge is 0.236 e. The van der Waals surface area contributed by atoms with Gasteiger partial charge in [0, 0.05) is 13.6 Å². The molecule has 100 valence electrons. The number of hydrogen-bond acceptors (Lipinski definition) is 2. The first-order chi connectivity index (χ1) is 9.20. The topological polar surface area (TPSA) is 32.3 Å². The molecule has 0 unspecified atom stereocenters. The van der Waals surface area contributed by atoms with Crippen LogP contribution in [-0.2, 0) is 11.2 Å². The quantitative estimate of drug-likeness (QED) is 0.888. The zero-order chi connectivity index (χ0) is 13.7. The molecule has 3 nitrogen and oxygen atoms in total. The number of carbonyl (C=O) groups excluding carboxylic acids is 1. The van der Waals surface area contributed by atoms with Gasteiger partial charge in [0.15, 0.2) is 0 Å². The molecule has 0 radical (unpaired) electrons. The van der Waals surface area contributed by atoms with Gasteiger partial charge in [0.25, 0.3) is 0 Å². The fourth-order valence-corrected chi connectivity index (χ4v) is 2.10. The zero-order valence-corrected chi connectivity index (χ0v) is 11.5. The van der Waals surface area contributed by atoms with Crippen molar-refractivity contribution in [2.45, 2.75) is 6.42 Å². The van der Waals surface area contributed by atoms with Crippen LogP contribution < -0.4 is 5.32 Å². The van der Waals surface area contributed by atoms with Gasteiger partial charge in [-0.25, -0.2) is 0 Å². The molecule has 0 atom stereocenters. The molecule has 0 fully saturated rings. The van der Waals surface area contributed by atoms with Crippen LogP contribution in [-0.4, -0.2) is 38.0 Å². The number of hydrogen-bond donors (Lipinski definition) is 1. The van der Waals surface area contributed by atoms with Crippen molar-refractivity contribution in [3.63, 3.8) is 0 Å². The van der Waals surface area contributed by atoms with Gasteiger partial charge in [0.2, 0.25) is 5.91 Å². The largest absolute Gasteiger partial charge is 0.344 e. The molecule has 0 aromatic heterocycles. The summed E-state index contributed by atoms with van der Waals surface area (Å²) in [7, 11) is 3.63. The summed E-state index contributed by atoms with van der Waals surface area (Å²) in [5.74, 6) is 0.128. The van der Waals surface area contributed by atoms with Gasteiger partial charge in [0.05, 0.1) is 6.54 Å². The average molecular weight is 256 g/mol. The molecule has 0 aliphatic rings. The number of amides is 1. The van der Waals surface area contributed by atoms with E-state index in [4.69, 9.17) is 0 Å². The Morgan fingerprint density at radius 2 is 1.89 bits per heavy atom. The Bertz CT molecular complexity index is 565. The number of nitrogens with one attached hydrogen (secondary N) is 1. The van der Waals surface area contributed by atoms with Gasteiger partial charge in [-0.3, -0.25) is 4.79 Å². The van der Waals surface area contributed by atoms with Gasteiger partial charge >= 0.3 is 0 Å². The predicted octanol–water partition coefficient (Wildman–Crippen LogP) is 2.06. The van der Waals surface area contributed by atoms with E-state index < -0.39 is 0 Å². The van der Waals surface area contributed by atoms with Gasteiger partial charge in [-0.2, -0.15) is 0 Å². The van der Waals surface area contributed by atoms with Crippen LogP contribution in [0.2, 0.25) is 0 Å². The monoisotopic (exact) mass is 256 g/mol. The summed E-state index contributed by atoms with van der Waals surface area (Å²) >= 11 is 0. The first-order valence-corrected chi connectivity index (χ1v) is 6.57. The van der Waals surface area contributed by atoms with Crippen molar-refractivity contribution in [1.82, 2.24) is 10.2 Å². The molecule has 1 amide bonds. The van der Waals surface area contributed by atoms with Crippen molar-refractivity contribution < 1.29 is 4.79 Å². The van der Waals surface area contributed by atoms with Crippen LogP contribution in [0, 0.1) is 0 Å². The summed E-state index contributed by atoms with van der Waals surface area (Å²) in [6, 6.07) is 14.8. The van der Waals surface area contributed by atoms with Gasteiger partial charge in [-0.15, -0.1) is 0 Å². The lowest BCUT2D eigenvalue weighted by Gasteiger charge is -2.17. The normalized spacial score (nSPS) is 10.6. The first-order valence-electron chi connectivity index (χ1n) is 6.57. The number of benzene rings is 2. The molecule has 2 aromatic carbocycles. The summed E-state index contributed by atoms with van der Waals surface area (Å²) in [5, 5.41) is 5.39. The van der Waals surface area contributed by atoms with Gasteiger partial charge in [-0.05, 0) is 29.8 Å². The lowest BCUT2D eigenvalue weighted by atomic mass is 10.1. The summed E-state index contributed by atoms with van der Waals surface area (Å²) in [6.45, 7) is 1.15. The Hall–Kier alpha value is -1.87. The number of carbonyl (C=O) groups is 1. The average Bonchev–Trinajstić information content (AvgIpc) is 2.44. The molecule has 1 N–H and O–H groups in total. The van der Waals surface area contributed by atoms with E-state index in [0.717, 1.165) is 13.0 Å². The molecule has 0 spiro atoms. The van der Waals surface area contributed by atoms with E-state index in [9.17, 15) is 4.79 Å². The number of rotatable bonds is 5. The third kappa shape index (κ3) is 3.55. The van der Waals surface area contributed by atoms with Crippen molar-refractivity contribution in [2.24, 2.45) is 0 Å². The standard InChI is InChI=1S/C16H20N2O/c1-17-12-16(19)18(2)10-9-13-7-8-14-5-3-4-6-15(14)11-13/h3-8,11,17H,9-10,12H2,1-2H3. The second-order valence-electron chi connectivity index (χ2n) is 4.78. The van der Waals surface area contributed by atoms with E-state index in [0.29, 0.717) is 6.54 Å². The Kier molecular flexibility index (Phi) is 4.53. The third-order valence-electron chi connectivity index (χ3n) is 3.30. The number of nitrogens with zero attached hydrogens (tertiary/aromatic N) is 1. The summed E-state index contributed by atoms with van der Waals surface area (Å²) in [6.07, 6.45) is 0.886. The van der Waals surface area contributed by atoms with E-state index in [2.05, 4.69) is 41.7 Å². The minimum Gasteiger partial charge on any atom is -0.344 e.